The first-order valence-corrected chi connectivity index (χ1v) is 6.93. The topological polar surface area (TPSA) is 64.4 Å². The maximum absolute atomic E-state index is 12.0. The zero-order chi connectivity index (χ0) is 16.3. The number of hydrogen-bond donors (Lipinski definition) is 0. The van der Waals surface area contributed by atoms with Crippen LogP contribution in [0.5, 0.6) is 0 Å². The quantitative estimate of drug-likeness (QED) is 0.808. The van der Waals surface area contributed by atoms with E-state index in [1.54, 1.807) is 56.2 Å². The molecule has 2 aromatic rings. The summed E-state index contributed by atoms with van der Waals surface area (Å²) in [7, 11) is 3.24. The van der Waals surface area contributed by atoms with Gasteiger partial charge in [0.25, 0.3) is 5.91 Å². The van der Waals surface area contributed by atoms with Gasteiger partial charge in [0.1, 0.15) is 0 Å². The second-order valence-electron chi connectivity index (χ2n) is 5.21. The number of aryl methyl sites for hydroxylation is 1. The maximum atomic E-state index is 12.0. The van der Waals surface area contributed by atoms with E-state index in [-0.39, 0.29) is 5.91 Å². The van der Waals surface area contributed by atoms with Crippen LogP contribution < -0.4 is 0 Å². The van der Waals surface area contributed by atoms with E-state index in [0.29, 0.717) is 5.56 Å². The third-order valence-corrected chi connectivity index (χ3v) is 3.25. The molecule has 0 spiro atoms. The molecule has 1 aromatic heterocycles. The molecule has 0 saturated heterocycles. The third kappa shape index (κ3) is 3.33. The van der Waals surface area contributed by atoms with Crippen LogP contribution >= 0.6 is 0 Å². The number of carbonyl (C=O) groups is 2. The fourth-order valence-electron chi connectivity index (χ4n) is 2.02. The minimum Gasteiger partial charge on any atom is -0.449 e. The number of carbonyl (C=O) groups excluding carboxylic acids is 2. The normalized spacial score (nSPS) is 11.8. The van der Waals surface area contributed by atoms with E-state index in [4.69, 9.17) is 4.74 Å². The van der Waals surface area contributed by atoms with Crippen molar-refractivity contribution in [2.75, 3.05) is 14.1 Å². The standard InChI is InChI=1S/C16H19N3O3/c1-11-9-10-17-19(11)14-7-5-13(6-8-14)16(21)22-12(2)15(20)18(3)4/h5-10,12H,1-4H3/t12-/m0/s1. The second kappa shape index (κ2) is 6.43. The molecule has 22 heavy (non-hydrogen) atoms. The lowest BCUT2D eigenvalue weighted by Crippen LogP contribution is -2.34. The van der Waals surface area contributed by atoms with Crippen LogP contribution in [-0.4, -0.2) is 46.8 Å². The molecular weight excluding hydrogens is 282 g/mol. The number of aromatic nitrogens is 2. The maximum Gasteiger partial charge on any atom is 0.338 e. The zero-order valence-corrected chi connectivity index (χ0v) is 13.1. The lowest BCUT2D eigenvalue weighted by atomic mass is 10.2. The Morgan fingerprint density at radius 2 is 1.82 bits per heavy atom. The van der Waals surface area contributed by atoms with Gasteiger partial charge in [-0.3, -0.25) is 4.79 Å². The summed E-state index contributed by atoms with van der Waals surface area (Å²) in [6.07, 6.45) is 0.905. The highest BCUT2D eigenvalue weighted by molar-refractivity contribution is 5.92. The van der Waals surface area contributed by atoms with Crippen molar-refractivity contribution >= 4 is 11.9 Å². The number of hydrogen-bond acceptors (Lipinski definition) is 4. The molecule has 6 nitrogen and oxygen atoms in total. The van der Waals surface area contributed by atoms with Crippen LogP contribution in [0, 0.1) is 6.92 Å². The van der Waals surface area contributed by atoms with Crippen molar-refractivity contribution in [2.45, 2.75) is 20.0 Å². The molecule has 116 valence electrons. The van der Waals surface area contributed by atoms with Gasteiger partial charge in [-0.15, -0.1) is 0 Å². The molecule has 1 amide bonds. The Kier molecular flexibility index (Phi) is 4.60. The van der Waals surface area contributed by atoms with E-state index >= 15 is 0 Å². The summed E-state index contributed by atoms with van der Waals surface area (Å²) in [5.41, 5.74) is 2.25. The Labute approximate surface area is 129 Å². The zero-order valence-electron chi connectivity index (χ0n) is 13.1. The van der Waals surface area contributed by atoms with Crippen molar-refractivity contribution in [2.24, 2.45) is 0 Å². The Morgan fingerprint density at radius 3 is 2.32 bits per heavy atom. The average Bonchev–Trinajstić information content (AvgIpc) is 2.92. The summed E-state index contributed by atoms with van der Waals surface area (Å²) >= 11 is 0. The van der Waals surface area contributed by atoms with Crippen molar-refractivity contribution in [3.63, 3.8) is 0 Å². The van der Waals surface area contributed by atoms with E-state index in [1.165, 1.54) is 4.90 Å². The molecule has 0 radical (unpaired) electrons. The molecule has 6 heteroatoms. The number of benzene rings is 1. The number of nitrogens with zero attached hydrogens (tertiary/aromatic N) is 3. The highest BCUT2D eigenvalue weighted by atomic mass is 16.5. The second-order valence-corrected chi connectivity index (χ2v) is 5.21. The van der Waals surface area contributed by atoms with E-state index < -0.39 is 12.1 Å². The van der Waals surface area contributed by atoms with Gasteiger partial charge in [0, 0.05) is 26.0 Å². The number of ether oxygens (including phenoxy) is 1. The molecule has 0 unspecified atom stereocenters. The van der Waals surface area contributed by atoms with Crippen LogP contribution in [-0.2, 0) is 9.53 Å². The SMILES string of the molecule is Cc1ccnn1-c1ccc(C(=O)O[C@@H](C)C(=O)N(C)C)cc1. The molecule has 0 aliphatic rings. The fourth-order valence-corrected chi connectivity index (χ4v) is 2.02. The molecule has 1 heterocycles. The van der Waals surface area contributed by atoms with Crippen LogP contribution in [0.4, 0.5) is 0 Å². The minimum absolute atomic E-state index is 0.253. The molecule has 0 bridgehead atoms. The summed E-state index contributed by atoms with van der Waals surface area (Å²) in [6.45, 7) is 3.51. The van der Waals surface area contributed by atoms with Crippen LogP contribution in [0.1, 0.15) is 23.0 Å². The van der Waals surface area contributed by atoms with Crippen molar-refractivity contribution in [3.05, 3.63) is 47.8 Å². The predicted octanol–water partition coefficient (Wildman–Crippen LogP) is 1.81. The highest BCUT2D eigenvalue weighted by Crippen LogP contribution is 2.13. The largest absolute Gasteiger partial charge is 0.449 e. The summed E-state index contributed by atoms with van der Waals surface area (Å²) in [5, 5.41) is 4.20. The number of likely N-dealkylation sites (N-methyl/N-ethyl adjacent to an activating group) is 1. The van der Waals surface area contributed by atoms with Gasteiger partial charge in [-0.2, -0.15) is 5.10 Å². The van der Waals surface area contributed by atoms with Gasteiger partial charge >= 0.3 is 5.97 Å². The van der Waals surface area contributed by atoms with Crippen molar-refractivity contribution in [3.8, 4) is 5.69 Å². The number of amides is 1. The molecule has 0 saturated carbocycles. The van der Waals surface area contributed by atoms with Gasteiger partial charge in [0.2, 0.25) is 0 Å². The first-order chi connectivity index (χ1) is 10.4. The predicted molar refractivity (Wildman–Crippen MR) is 81.9 cm³/mol. The van der Waals surface area contributed by atoms with E-state index in [1.807, 2.05) is 13.0 Å². The number of esters is 1. The smallest absolute Gasteiger partial charge is 0.338 e. The van der Waals surface area contributed by atoms with E-state index in [0.717, 1.165) is 11.4 Å². The lowest BCUT2D eigenvalue weighted by Gasteiger charge is -2.17. The summed E-state index contributed by atoms with van der Waals surface area (Å²) in [4.78, 5) is 25.1. The Hall–Kier alpha value is -2.63. The van der Waals surface area contributed by atoms with Gasteiger partial charge in [0.15, 0.2) is 6.10 Å². The molecule has 1 atom stereocenters. The summed E-state index contributed by atoms with van der Waals surface area (Å²) in [6, 6.07) is 8.79. The molecule has 0 N–H and O–H groups in total. The van der Waals surface area contributed by atoms with Crippen LogP contribution in [0.3, 0.4) is 0 Å². The monoisotopic (exact) mass is 301 g/mol. The molecule has 1 aromatic carbocycles. The van der Waals surface area contributed by atoms with E-state index in [2.05, 4.69) is 5.10 Å². The molecule has 0 fully saturated rings. The van der Waals surface area contributed by atoms with Gasteiger partial charge < -0.3 is 9.64 Å². The van der Waals surface area contributed by atoms with Crippen molar-refractivity contribution in [1.29, 1.82) is 0 Å². The van der Waals surface area contributed by atoms with Crippen molar-refractivity contribution in [1.82, 2.24) is 14.7 Å². The Bertz CT molecular complexity index is 674. The van der Waals surface area contributed by atoms with Crippen molar-refractivity contribution < 1.29 is 14.3 Å². The van der Waals surface area contributed by atoms with E-state index in [9.17, 15) is 9.59 Å². The summed E-state index contributed by atoms with van der Waals surface area (Å²) in [5.74, 6) is -0.774. The Balaban J connectivity index is 2.09. The summed E-state index contributed by atoms with van der Waals surface area (Å²) < 4.78 is 6.93. The number of rotatable bonds is 4. The lowest BCUT2D eigenvalue weighted by molar-refractivity contribution is -0.137. The van der Waals surface area contributed by atoms with Crippen LogP contribution in [0.25, 0.3) is 5.69 Å². The Morgan fingerprint density at radius 1 is 1.18 bits per heavy atom. The van der Waals surface area contributed by atoms with Crippen LogP contribution in [0.2, 0.25) is 0 Å². The first kappa shape index (κ1) is 15.8. The molecule has 0 aliphatic heterocycles. The molecule has 0 aliphatic carbocycles. The average molecular weight is 301 g/mol. The van der Waals surface area contributed by atoms with Gasteiger partial charge in [-0.05, 0) is 44.2 Å². The third-order valence-electron chi connectivity index (χ3n) is 3.25. The van der Waals surface area contributed by atoms with Crippen LogP contribution in [0.15, 0.2) is 36.5 Å². The first-order valence-electron chi connectivity index (χ1n) is 6.93. The van der Waals surface area contributed by atoms with Gasteiger partial charge in [0.05, 0.1) is 11.3 Å². The van der Waals surface area contributed by atoms with Gasteiger partial charge in [-0.25, -0.2) is 9.48 Å². The molecule has 2 rings (SSSR count). The highest BCUT2D eigenvalue weighted by Gasteiger charge is 2.20. The molecular formula is C16H19N3O3. The minimum atomic E-state index is -0.810. The van der Waals surface area contributed by atoms with Gasteiger partial charge in [-0.1, -0.05) is 0 Å². The fraction of sp³-hybridized carbons (Fsp3) is 0.312.